The van der Waals surface area contributed by atoms with E-state index in [2.05, 4.69) is 25.2 Å². The Balaban J connectivity index is 0.00000308. The molecule has 0 bridgehead atoms. The summed E-state index contributed by atoms with van der Waals surface area (Å²) in [5, 5.41) is 31.0. The molecule has 0 spiro atoms. The van der Waals surface area contributed by atoms with Crippen LogP contribution in [0.5, 0.6) is 11.5 Å². The monoisotopic (exact) mass is 698 g/mol. The molecule has 4 rings (SSSR count). The summed E-state index contributed by atoms with van der Waals surface area (Å²) in [6.45, 7) is 0. The van der Waals surface area contributed by atoms with Crippen LogP contribution in [0.4, 0.5) is 17.3 Å². The number of halogens is 1. The van der Waals surface area contributed by atoms with E-state index in [0.29, 0.717) is 30.3 Å². The maximum absolute atomic E-state index is 13.6. The fourth-order valence-corrected chi connectivity index (χ4v) is 5.24. The molecule has 4 aromatic rings. The number of hydrogen-bond donors (Lipinski definition) is 3. The predicted octanol–water partition coefficient (Wildman–Crippen LogP) is -8.10. The van der Waals surface area contributed by atoms with Crippen LogP contribution in [0.25, 0.3) is 22.2 Å². The summed E-state index contributed by atoms with van der Waals surface area (Å²) in [7, 11) is -15.3. The van der Waals surface area contributed by atoms with Crippen molar-refractivity contribution in [1.82, 2.24) is 15.0 Å². The third kappa shape index (κ3) is 9.03. The van der Waals surface area contributed by atoms with Gasteiger partial charge in [-0.15, -0.1) is 5.11 Å². The number of fused-ring (bicyclic) bond motifs is 1. The molecule has 0 atom stereocenters. The number of nitrogens with two attached hydrogens (primary N) is 1. The number of nitrogen functional groups attached to an aromatic ring is 1. The third-order valence-electron chi connectivity index (χ3n) is 5.02. The van der Waals surface area contributed by atoms with Crippen molar-refractivity contribution in [3.05, 3.63) is 41.7 Å². The van der Waals surface area contributed by atoms with Gasteiger partial charge in [0.15, 0.2) is 5.82 Å². The van der Waals surface area contributed by atoms with Gasteiger partial charge in [-0.25, -0.2) is 8.42 Å². The summed E-state index contributed by atoms with van der Waals surface area (Å²) in [6, 6.07) is 3.89. The minimum absolute atomic E-state index is 0. The summed E-state index contributed by atoms with van der Waals surface area (Å²) in [6.07, 6.45) is 0. The molecule has 0 radical (unpaired) electrons. The Bertz CT molecular complexity index is 2080. The molecular formula is C19H10ClN6Na3O11S3. The van der Waals surface area contributed by atoms with Gasteiger partial charge in [0, 0.05) is 5.56 Å². The van der Waals surface area contributed by atoms with Crippen LogP contribution in [0, 0.1) is 0 Å². The molecule has 210 valence electrons. The molecule has 0 fully saturated rings. The van der Waals surface area contributed by atoms with E-state index in [9.17, 15) is 49.1 Å². The Morgan fingerprint density at radius 2 is 1.44 bits per heavy atom. The Morgan fingerprint density at radius 1 is 0.814 bits per heavy atom. The second-order valence-corrected chi connectivity index (χ2v) is 12.2. The summed E-state index contributed by atoms with van der Waals surface area (Å²) in [4.78, 5) is 8.08. The Kier molecular flexibility index (Phi) is 13.6. The molecule has 0 saturated carbocycles. The fraction of sp³-hybridized carbons (Fsp3) is 0. The molecule has 4 N–H and O–H groups in total. The van der Waals surface area contributed by atoms with Crippen molar-refractivity contribution in [3.8, 4) is 22.9 Å². The van der Waals surface area contributed by atoms with Crippen molar-refractivity contribution in [2.24, 2.45) is 10.2 Å². The van der Waals surface area contributed by atoms with Crippen LogP contribution in [0.1, 0.15) is 0 Å². The molecule has 0 aliphatic rings. The normalized spacial score (nSPS) is 11.9. The molecule has 0 aliphatic heterocycles. The van der Waals surface area contributed by atoms with E-state index in [-0.39, 0.29) is 88.7 Å². The first-order valence-corrected chi connectivity index (χ1v) is 14.7. The number of rotatable bonds is 6. The zero-order chi connectivity index (χ0) is 29.8. The van der Waals surface area contributed by atoms with E-state index in [1.54, 1.807) is 0 Å². The minimum atomic E-state index is -5.30. The third-order valence-corrected chi connectivity index (χ3v) is 7.72. The molecule has 0 saturated heterocycles. The largest absolute Gasteiger partial charge is 1.00 e. The molecule has 0 aliphatic carbocycles. The molecule has 0 amide bonds. The number of hydrogen-bond acceptors (Lipinski definition) is 15. The van der Waals surface area contributed by atoms with Crippen LogP contribution in [-0.4, -0.2) is 53.9 Å². The molecule has 24 heteroatoms. The van der Waals surface area contributed by atoms with Crippen LogP contribution >= 0.6 is 11.6 Å². The van der Waals surface area contributed by atoms with Crippen LogP contribution in [0.3, 0.4) is 0 Å². The first-order chi connectivity index (χ1) is 18.4. The quantitative estimate of drug-likeness (QED) is 0.0957. The van der Waals surface area contributed by atoms with Crippen LogP contribution in [0.15, 0.2) is 61.3 Å². The van der Waals surface area contributed by atoms with Crippen molar-refractivity contribution < 1.29 is 138 Å². The van der Waals surface area contributed by atoms with E-state index in [4.69, 9.17) is 17.3 Å². The molecule has 17 nitrogen and oxygen atoms in total. The predicted molar refractivity (Wildman–Crippen MR) is 129 cm³/mol. The zero-order valence-corrected chi connectivity index (χ0v) is 31.2. The number of azo groups is 1. The number of aromatic nitrogens is 3. The fourth-order valence-electron chi connectivity index (χ4n) is 3.38. The van der Waals surface area contributed by atoms with Gasteiger partial charge in [-0.05, 0) is 52.7 Å². The van der Waals surface area contributed by atoms with Crippen molar-refractivity contribution in [1.29, 1.82) is 0 Å². The Morgan fingerprint density at radius 3 is 1.98 bits per heavy atom. The van der Waals surface area contributed by atoms with Gasteiger partial charge >= 0.3 is 88.7 Å². The average Bonchev–Trinajstić information content (AvgIpc) is 2.81. The molecule has 1 aromatic heterocycles. The Hall–Kier alpha value is -1.05. The van der Waals surface area contributed by atoms with Gasteiger partial charge in [-0.2, -0.15) is 36.9 Å². The summed E-state index contributed by atoms with van der Waals surface area (Å²) in [5.74, 6) is -3.30. The van der Waals surface area contributed by atoms with Crippen LogP contribution < -0.4 is 105 Å². The topological polar surface area (TPSA) is 301 Å². The Labute approximate surface area is 314 Å². The maximum Gasteiger partial charge on any atom is 1.00 e. The minimum Gasteiger partial charge on any atom is -0.871 e. The van der Waals surface area contributed by atoms with Crippen molar-refractivity contribution >= 4 is 70.1 Å². The van der Waals surface area contributed by atoms with E-state index < -0.39 is 101 Å². The van der Waals surface area contributed by atoms with Crippen molar-refractivity contribution in [3.63, 3.8) is 0 Å². The van der Waals surface area contributed by atoms with Crippen LogP contribution in [0.2, 0.25) is 5.28 Å². The zero-order valence-electron chi connectivity index (χ0n) is 21.9. The van der Waals surface area contributed by atoms with Crippen molar-refractivity contribution in [2.45, 2.75) is 14.7 Å². The molecule has 0 unspecified atom stereocenters. The van der Waals surface area contributed by atoms with Gasteiger partial charge in [0.25, 0.3) is 20.2 Å². The van der Waals surface area contributed by atoms with E-state index in [1.807, 2.05) is 0 Å². The first kappa shape index (κ1) is 40.0. The smallest absolute Gasteiger partial charge is 0.871 e. The SMILES string of the molecule is Nc1nc(Cl)nc(-c2cc(S(=O)(=O)O)cc3cc(S(=O)(=O)O)c(N=Nc4cc(S(=O)(=O)[O-])ccc4[O-])c([O-])c23)n1.[Na+].[Na+].[Na+]. The van der Waals surface area contributed by atoms with Gasteiger partial charge in [0.2, 0.25) is 11.2 Å². The summed E-state index contributed by atoms with van der Waals surface area (Å²) in [5.41, 5.74) is 3.16. The van der Waals surface area contributed by atoms with E-state index >= 15 is 0 Å². The summed E-state index contributed by atoms with van der Waals surface area (Å²) < 4.78 is 101. The number of nitrogens with zero attached hydrogens (tertiary/aromatic N) is 5. The van der Waals surface area contributed by atoms with Crippen molar-refractivity contribution in [2.75, 3.05) is 5.73 Å². The van der Waals surface area contributed by atoms with Gasteiger partial charge < -0.3 is 20.5 Å². The number of anilines is 1. The second kappa shape index (κ2) is 14.6. The van der Waals surface area contributed by atoms with E-state index in [1.165, 1.54) is 0 Å². The summed E-state index contributed by atoms with van der Waals surface area (Å²) >= 11 is 5.79. The first-order valence-electron chi connectivity index (χ1n) is 9.99. The maximum atomic E-state index is 13.6. The number of benzene rings is 3. The average molecular weight is 699 g/mol. The molecule has 1 heterocycles. The van der Waals surface area contributed by atoms with E-state index in [0.717, 1.165) is 6.07 Å². The van der Waals surface area contributed by atoms with Gasteiger partial charge in [-0.1, -0.05) is 17.6 Å². The molecule has 3 aromatic carbocycles. The van der Waals surface area contributed by atoms with Crippen LogP contribution in [-0.2, 0) is 30.4 Å². The molecule has 43 heavy (non-hydrogen) atoms. The van der Waals surface area contributed by atoms with Gasteiger partial charge in [0.1, 0.15) is 15.0 Å². The molecular weight excluding hydrogens is 689 g/mol. The second-order valence-electron chi connectivity index (χ2n) is 7.64. The standard InChI is InChI=1S/C19H13ClN6O11S3.3Na/c20-18-22-17(23-19(21)24-18)10-5-9(39(32,33)34)3-7-4-13(40(35,36)37)15(16(28)14(7)10)26-25-11-6-8(38(29,30)31)1-2-12(11)27;;;/h1-6,27-28H,(H,29,30,31)(H,32,33,34)(H,35,36,37)(H2,21,22,23,24);;;/q;3*+1/p-3. The van der Waals surface area contributed by atoms with Gasteiger partial charge in [0.05, 0.1) is 21.2 Å². The van der Waals surface area contributed by atoms with Gasteiger partial charge in [-0.3, -0.25) is 9.11 Å².